The molecule has 0 saturated heterocycles. The van der Waals surface area contributed by atoms with Crippen LogP contribution in [0.2, 0.25) is 0 Å². The van der Waals surface area contributed by atoms with E-state index in [0.29, 0.717) is 0 Å². The van der Waals surface area contributed by atoms with E-state index in [9.17, 15) is 13.9 Å². The van der Waals surface area contributed by atoms with Crippen LogP contribution in [0.4, 0.5) is 8.78 Å². The highest BCUT2D eigenvalue weighted by Gasteiger charge is 2.36. The van der Waals surface area contributed by atoms with Gasteiger partial charge in [-0.25, -0.2) is 8.78 Å². The van der Waals surface area contributed by atoms with Gasteiger partial charge in [0.05, 0.1) is 6.10 Å². The summed E-state index contributed by atoms with van der Waals surface area (Å²) in [5.74, 6) is -1.02. The standard InChI is InChI=1S/C14H18F2O/c1-14(7-3-2-4-8-14)13(17)11-9-10(15)5-6-12(11)16/h5-6,9,13,17H,2-4,7-8H2,1H3. The Morgan fingerprint density at radius 3 is 2.47 bits per heavy atom. The van der Waals surface area contributed by atoms with Gasteiger partial charge in [0, 0.05) is 5.56 Å². The molecule has 0 spiro atoms. The third-order valence-electron chi connectivity index (χ3n) is 3.91. The number of aliphatic hydroxyl groups is 1. The Hall–Kier alpha value is -0.960. The van der Waals surface area contributed by atoms with Crippen LogP contribution in [0, 0.1) is 17.0 Å². The van der Waals surface area contributed by atoms with Crippen molar-refractivity contribution in [1.82, 2.24) is 0 Å². The smallest absolute Gasteiger partial charge is 0.129 e. The summed E-state index contributed by atoms with van der Waals surface area (Å²) in [6, 6.07) is 3.27. The van der Waals surface area contributed by atoms with E-state index >= 15 is 0 Å². The lowest BCUT2D eigenvalue weighted by atomic mass is 9.70. The van der Waals surface area contributed by atoms with Gasteiger partial charge in [-0.1, -0.05) is 26.2 Å². The Labute approximate surface area is 100 Å². The van der Waals surface area contributed by atoms with Gasteiger partial charge in [-0.15, -0.1) is 0 Å². The molecular weight excluding hydrogens is 222 g/mol. The van der Waals surface area contributed by atoms with Crippen LogP contribution in [0.15, 0.2) is 18.2 Å². The van der Waals surface area contributed by atoms with Gasteiger partial charge in [-0.3, -0.25) is 0 Å². The van der Waals surface area contributed by atoms with Crippen molar-refractivity contribution in [1.29, 1.82) is 0 Å². The SMILES string of the molecule is CC1(C(O)c2cc(F)ccc2F)CCCCC1. The Balaban J connectivity index is 2.29. The minimum Gasteiger partial charge on any atom is -0.388 e. The minimum absolute atomic E-state index is 0.0920. The molecule has 0 aliphatic heterocycles. The maximum atomic E-state index is 13.6. The summed E-state index contributed by atoms with van der Waals surface area (Å²) < 4.78 is 26.7. The van der Waals surface area contributed by atoms with Crippen LogP contribution in [0.25, 0.3) is 0 Å². The van der Waals surface area contributed by atoms with Crippen molar-refractivity contribution in [3.05, 3.63) is 35.4 Å². The maximum Gasteiger partial charge on any atom is 0.129 e. The molecule has 0 radical (unpaired) electrons. The molecule has 1 saturated carbocycles. The van der Waals surface area contributed by atoms with E-state index < -0.39 is 17.7 Å². The largest absolute Gasteiger partial charge is 0.388 e. The zero-order valence-corrected chi connectivity index (χ0v) is 10.0. The molecule has 1 aromatic carbocycles. The van der Waals surface area contributed by atoms with E-state index in [-0.39, 0.29) is 11.0 Å². The number of aliphatic hydroxyl groups excluding tert-OH is 1. The van der Waals surface area contributed by atoms with Crippen LogP contribution in [-0.2, 0) is 0 Å². The molecule has 2 rings (SSSR count). The first-order valence-electron chi connectivity index (χ1n) is 6.16. The average molecular weight is 240 g/mol. The predicted octanol–water partition coefficient (Wildman–Crippen LogP) is 3.97. The summed E-state index contributed by atoms with van der Waals surface area (Å²) in [7, 11) is 0. The first-order valence-corrected chi connectivity index (χ1v) is 6.16. The van der Waals surface area contributed by atoms with Crippen LogP contribution >= 0.6 is 0 Å². The quantitative estimate of drug-likeness (QED) is 0.829. The average Bonchev–Trinajstić information content (AvgIpc) is 2.32. The summed E-state index contributed by atoms with van der Waals surface area (Å²) in [6.07, 6.45) is 4.07. The number of benzene rings is 1. The Kier molecular flexibility index (Phi) is 3.48. The van der Waals surface area contributed by atoms with Gasteiger partial charge >= 0.3 is 0 Å². The van der Waals surface area contributed by atoms with E-state index in [1.54, 1.807) is 0 Å². The summed E-state index contributed by atoms with van der Waals surface area (Å²) >= 11 is 0. The van der Waals surface area contributed by atoms with Crippen LogP contribution in [0.3, 0.4) is 0 Å². The van der Waals surface area contributed by atoms with E-state index in [2.05, 4.69) is 0 Å². The highest BCUT2D eigenvalue weighted by Crippen LogP contribution is 2.46. The Morgan fingerprint density at radius 2 is 1.82 bits per heavy atom. The fraction of sp³-hybridized carbons (Fsp3) is 0.571. The second-order valence-corrected chi connectivity index (χ2v) is 5.28. The van der Waals surface area contributed by atoms with E-state index in [1.165, 1.54) is 0 Å². The van der Waals surface area contributed by atoms with Crippen LogP contribution in [0.5, 0.6) is 0 Å². The molecule has 3 heteroatoms. The van der Waals surface area contributed by atoms with Gasteiger partial charge in [-0.2, -0.15) is 0 Å². The molecule has 1 atom stereocenters. The van der Waals surface area contributed by atoms with Crippen LogP contribution < -0.4 is 0 Å². The van der Waals surface area contributed by atoms with Gasteiger partial charge in [-0.05, 0) is 36.5 Å². The molecule has 1 aliphatic rings. The van der Waals surface area contributed by atoms with Crippen molar-refractivity contribution in [3.8, 4) is 0 Å². The predicted molar refractivity (Wildman–Crippen MR) is 62.5 cm³/mol. The van der Waals surface area contributed by atoms with Gasteiger partial charge in [0.25, 0.3) is 0 Å². The molecule has 1 fully saturated rings. The molecule has 1 unspecified atom stereocenters. The topological polar surface area (TPSA) is 20.2 Å². The lowest BCUT2D eigenvalue weighted by Gasteiger charge is -2.38. The summed E-state index contributed by atoms with van der Waals surface area (Å²) in [6.45, 7) is 1.96. The molecule has 1 N–H and O–H groups in total. The molecule has 17 heavy (non-hydrogen) atoms. The van der Waals surface area contributed by atoms with Gasteiger partial charge < -0.3 is 5.11 Å². The van der Waals surface area contributed by atoms with Crippen molar-refractivity contribution in [3.63, 3.8) is 0 Å². The van der Waals surface area contributed by atoms with Crippen molar-refractivity contribution in [2.24, 2.45) is 5.41 Å². The molecule has 1 aromatic rings. The fourth-order valence-electron chi connectivity index (χ4n) is 2.73. The van der Waals surface area contributed by atoms with E-state index in [4.69, 9.17) is 0 Å². The first kappa shape index (κ1) is 12.5. The third-order valence-corrected chi connectivity index (χ3v) is 3.91. The highest BCUT2D eigenvalue weighted by molar-refractivity contribution is 5.23. The zero-order valence-electron chi connectivity index (χ0n) is 10.0. The second kappa shape index (κ2) is 4.73. The molecule has 0 heterocycles. The molecule has 0 bridgehead atoms. The molecule has 0 amide bonds. The normalized spacial score (nSPS) is 21.2. The van der Waals surface area contributed by atoms with Gasteiger partial charge in [0.15, 0.2) is 0 Å². The van der Waals surface area contributed by atoms with Crippen molar-refractivity contribution >= 4 is 0 Å². The Morgan fingerprint density at radius 1 is 1.18 bits per heavy atom. The first-order chi connectivity index (χ1) is 8.03. The number of halogens is 2. The third kappa shape index (κ3) is 2.49. The summed E-state index contributed by atoms with van der Waals surface area (Å²) in [4.78, 5) is 0. The molecule has 0 aromatic heterocycles. The molecule has 1 aliphatic carbocycles. The van der Waals surface area contributed by atoms with Gasteiger partial charge in [0.2, 0.25) is 0 Å². The Bertz CT molecular complexity index is 397. The fourth-order valence-corrected chi connectivity index (χ4v) is 2.73. The molecule has 94 valence electrons. The van der Waals surface area contributed by atoms with Crippen LogP contribution in [-0.4, -0.2) is 5.11 Å². The molecule has 1 nitrogen and oxygen atoms in total. The maximum absolute atomic E-state index is 13.6. The zero-order chi connectivity index (χ0) is 12.5. The lowest BCUT2D eigenvalue weighted by molar-refractivity contribution is 0.00565. The monoisotopic (exact) mass is 240 g/mol. The number of rotatable bonds is 2. The molecular formula is C14H18F2O. The highest BCUT2D eigenvalue weighted by atomic mass is 19.1. The van der Waals surface area contributed by atoms with Gasteiger partial charge in [0.1, 0.15) is 11.6 Å². The van der Waals surface area contributed by atoms with Crippen molar-refractivity contribution in [2.75, 3.05) is 0 Å². The summed E-state index contributed by atoms with van der Waals surface area (Å²) in [5, 5.41) is 10.3. The number of hydrogen-bond acceptors (Lipinski definition) is 1. The second-order valence-electron chi connectivity index (χ2n) is 5.28. The van der Waals surface area contributed by atoms with Crippen molar-refractivity contribution < 1.29 is 13.9 Å². The minimum atomic E-state index is -0.918. The number of hydrogen-bond donors (Lipinski definition) is 1. The van der Waals surface area contributed by atoms with Crippen LogP contribution in [0.1, 0.15) is 50.7 Å². The lowest BCUT2D eigenvalue weighted by Crippen LogP contribution is -2.28. The van der Waals surface area contributed by atoms with E-state index in [1.807, 2.05) is 6.92 Å². The summed E-state index contributed by atoms with van der Waals surface area (Å²) in [5.41, 5.74) is -0.234. The van der Waals surface area contributed by atoms with E-state index in [0.717, 1.165) is 50.3 Å². The van der Waals surface area contributed by atoms with Crippen molar-refractivity contribution in [2.45, 2.75) is 45.1 Å².